The van der Waals surface area contributed by atoms with Crippen molar-refractivity contribution in [3.63, 3.8) is 0 Å². The van der Waals surface area contributed by atoms with Crippen LogP contribution in [0, 0.1) is 0 Å². The zero-order chi connectivity index (χ0) is 4.24. The summed E-state index contributed by atoms with van der Waals surface area (Å²) in [5, 5.41) is 0. The fourth-order valence-electron chi connectivity index (χ4n) is 0.642. The molecule has 0 bridgehead atoms. The number of rotatable bonds is 0. The molecule has 0 saturated carbocycles. The monoisotopic (exact) mass is 183 g/mol. The van der Waals surface area contributed by atoms with Crippen LogP contribution in [-0.4, -0.2) is 22.9 Å². The van der Waals surface area contributed by atoms with Gasteiger partial charge in [0.15, 0.2) is 0 Å². The SMILES string of the molecule is C1=[CH][In][CH2]CC1. The molecule has 0 atom stereocenters. The maximum atomic E-state index is 2.46. The minimum atomic E-state index is -0.0369. The molecule has 31 valence electrons. The molecule has 0 aromatic heterocycles. The molecule has 1 heteroatoms. The van der Waals surface area contributed by atoms with Crippen molar-refractivity contribution in [1.29, 1.82) is 0 Å². The van der Waals surface area contributed by atoms with E-state index in [4.69, 9.17) is 0 Å². The van der Waals surface area contributed by atoms with E-state index in [-0.39, 0.29) is 22.9 Å². The van der Waals surface area contributed by atoms with Crippen molar-refractivity contribution >= 4 is 22.9 Å². The third-order valence-electron chi connectivity index (χ3n) is 1.01. The van der Waals surface area contributed by atoms with E-state index in [2.05, 4.69) is 9.91 Å². The summed E-state index contributed by atoms with van der Waals surface area (Å²) in [5.74, 6) is 0. The molecule has 0 aromatic carbocycles. The third kappa shape index (κ3) is 1.38. The Hall–Kier alpha value is 0.610. The van der Waals surface area contributed by atoms with E-state index in [1.807, 2.05) is 0 Å². The van der Waals surface area contributed by atoms with E-state index < -0.39 is 0 Å². The molecule has 0 spiro atoms. The summed E-state index contributed by atoms with van der Waals surface area (Å²) in [6, 6.07) is 0. The summed E-state index contributed by atoms with van der Waals surface area (Å²) < 4.78 is 4.06. The van der Waals surface area contributed by atoms with Gasteiger partial charge in [0.2, 0.25) is 0 Å². The first-order valence-corrected chi connectivity index (χ1v) is 6.72. The molecule has 0 saturated heterocycles. The van der Waals surface area contributed by atoms with Crippen LogP contribution in [0.25, 0.3) is 0 Å². The summed E-state index contributed by atoms with van der Waals surface area (Å²) in [5.41, 5.74) is 0. The molecule has 0 amide bonds. The molecule has 0 aliphatic carbocycles. The van der Waals surface area contributed by atoms with Gasteiger partial charge in [-0.2, -0.15) is 0 Å². The Balaban J connectivity index is 2.26. The summed E-state index contributed by atoms with van der Waals surface area (Å²) in [6.07, 6.45) is 5.22. The Kier molecular flexibility index (Phi) is 2.17. The van der Waals surface area contributed by atoms with Gasteiger partial charge in [-0.15, -0.1) is 0 Å². The second-order valence-electron chi connectivity index (χ2n) is 1.59. The van der Waals surface area contributed by atoms with Crippen molar-refractivity contribution < 1.29 is 0 Å². The Bertz CT molecular complexity index is 49.0. The van der Waals surface area contributed by atoms with Crippen LogP contribution in [-0.2, 0) is 0 Å². The molecule has 1 aliphatic heterocycles. The van der Waals surface area contributed by atoms with Crippen LogP contribution >= 0.6 is 0 Å². The number of hydrogen-bond donors (Lipinski definition) is 0. The van der Waals surface area contributed by atoms with Crippen molar-refractivity contribution in [2.75, 3.05) is 0 Å². The van der Waals surface area contributed by atoms with Crippen molar-refractivity contribution in [3.8, 4) is 0 Å². The topological polar surface area (TPSA) is 0 Å². The summed E-state index contributed by atoms with van der Waals surface area (Å²) in [4.78, 5) is 0. The van der Waals surface area contributed by atoms with Gasteiger partial charge in [0.1, 0.15) is 0 Å². The summed E-state index contributed by atoms with van der Waals surface area (Å²) >= 11 is -0.0369. The third-order valence-corrected chi connectivity index (χ3v) is 4.68. The van der Waals surface area contributed by atoms with E-state index in [9.17, 15) is 0 Å². The van der Waals surface area contributed by atoms with Gasteiger partial charge in [0, 0.05) is 0 Å². The molecule has 0 fully saturated rings. The van der Waals surface area contributed by atoms with E-state index in [0.717, 1.165) is 0 Å². The first kappa shape index (κ1) is 4.76. The van der Waals surface area contributed by atoms with E-state index in [1.165, 1.54) is 12.8 Å². The van der Waals surface area contributed by atoms with Gasteiger partial charge in [-0.3, -0.25) is 0 Å². The van der Waals surface area contributed by atoms with Gasteiger partial charge >= 0.3 is 49.8 Å². The van der Waals surface area contributed by atoms with Crippen LogP contribution in [0.2, 0.25) is 4.18 Å². The Morgan fingerprint density at radius 1 is 1.50 bits per heavy atom. The molecule has 1 heterocycles. The van der Waals surface area contributed by atoms with Crippen LogP contribution in [0.1, 0.15) is 12.8 Å². The van der Waals surface area contributed by atoms with Gasteiger partial charge in [-0.25, -0.2) is 0 Å². The molecule has 1 aliphatic rings. The molecule has 0 nitrogen and oxygen atoms in total. The van der Waals surface area contributed by atoms with Crippen LogP contribution in [0.4, 0.5) is 0 Å². The van der Waals surface area contributed by atoms with Crippen molar-refractivity contribution in [2.24, 2.45) is 0 Å². The van der Waals surface area contributed by atoms with E-state index in [1.54, 1.807) is 4.18 Å². The predicted octanol–water partition coefficient (Wildman–Crippen LogP) is 1.42. The van der Waals surface area contributed by atoms with Gasteiger partial charge in [0.25, 0.3) is 0 Å². The fourth-order valence-corrected chi connectivity index (χ4v) is 3.64. The molecule has 1 rings (SSSR count). The van der Waals surface area contributed by atoms with Crippen LogP contribution < -0.4 is 0 Å². The molecular weight excluding hydrogens is 175 g/mol. The van der Waals surface area contributed by atoms with Gasteiger partial charge in [-0.1, -0.05) is 0 Å². The Labute approximate surface area is 50.0 Å². The summed E-state index contributed by atoms with van der Waals surface area (Å²) in [6.45, 7) is 0. The van der Waals surface area contributed by atoms with E-state index in [0.29, 0.717) is 0 Å². The number of hydrogen-bond acceptors (Lipinski definition) is 0. The zero-order valence-corrected chi connectivity index (χ0v) is 7.15. The second-order valence-corrected chi connectivity index (χ2v) is 5.69. The van der Waals surface area contributed by atoms with Crippen LogP contribution in [0.15, 0.2) is 9.91 Å². The molecule has 0 unspecified atom stereocenters. The average Bonchev–Trinajstić information content (AvgIpc) is 1.72. The maximum absolute atomic E-state index is 2.46. The first-order valence-electron chi connectivity index (χ1n) is 2.48. The molecule has 0 aromatic rings. The van der Waals surface area contributed by atoms with Crippen LogP contribution in [0.3, 0.4) is 0 Å². The van der Waals surface area contributed by atoms with Crippen LogP contribution in [0.5, 0.6) is 0 Å². The minimum absolute atomic E-state index is 0.0369. The molecule has 0 N–H and O–H groups in total. The quantitative estimate of drug-likeness (QED) is 0.532. The van der Waals surface area contributed by atoms with Crippen molar-refractivity contribution in [3.05, 3.63) is 9.91 Å². The average molecular weight is 183 g/mol. The van der Waals surface area contributed by atoms with Crippen molar-refractivity contribution in [2.45, 2.75) is 17.0 Å². The molecule has 6 heavy (non-hydrogen) atoms. The van der Waals surface area contributed by atoms with E-state index >= 15 is 0 Å². The first-order chi connectivity index (χ1) is 3.00. The van der Waals surface area contributed by atoms with Gasteiger partial charge in [0.05, 0.1) is 0 Å². The Morgan fingerprint density at radius 2 is 2.50 bits per heavy atom. The normalized spacial score (nSPS) is 20.0. The summed E-state index contributed by atoms with van der Waals surface area (Å²) in [7, 11) is 0. The van der Waals surface area contributed by atoms with Gasteiger partial charge < -0.3 is 0 Å². The number of allylic oxidation sites excluding steroid dienone is 1. The Morgan fingerprint density at radius 3 is 2.67 bits per heavy atom. The van der Waals surface area contributed by atoms with Gasteiger partial charge in [-0.05, 0) is 0 Å². The fraction of sp³-hybridized carbons (Fsp3) is 0.600. The molecule has 1 radical (unpaired) electrons. The molecular formula is C5H8In. The standard InChI is InChI=1S/C5H8.In/c1-3-5-4-2;/h1,3H,2,4-5H2;. The predicted molar refractivity (Wildman–Crippen MR) is 28.9 cm³/mol. The zero-order valence-electron chi connectivity index (χ0n) is 3.85. The second kappa shape index (κ2) is 2.73. The van der Waals surface area contributed by atoms with Crippen molar-refractivity contribution in [1.82, 2.24) is 0 Å².